The van der Waals surface area contributed by atoms with Crippen molar-refractivity contribution in [3.63, 3.8) is 0 Å². The van der Waals surface area contributed by atoms with Crippen molar-refractivity contribution in [2.45, 2.75) is 39.0 Å². The first-order valence-corrected chi connectivity index (χ1v) is 5.92. The first kappa shape index (κ1) is 15.5. The van der Waals surface area contributed by atoms with Crippen LogP contribution in [0.1, 0.15) is 25.0 Å². The number of hydrogen-bond donors (Lipinski definition) is 1. The van der Waals surface area contributed by atoms with Gasteiger partial charge in [-0.25, -0.2) is 8.78 Å². The van der Waals surface area contributed by atoms with E-state index in [9.17, 15) is 22.4 Å². The zero-order valence-corrected chi connectivity index (χ0v) is 10.6. The Balaban J connectivity index is 3.09. The van der Waals surface area contributed by atoms with Gasteiger partial charge in [-0.05, 0) is 24.0 Å². The molecule has 1 amide bonds. The normalized spacial score (nSPS) is 11.7. The molecule has 2 nitrogen and oxygen atoms in total. The van der Waals surface area contributed by atoms with Gasteiger partial charge in [0.05, 0.1) is 0 Å². The largest absolute Gasteiger partial charge is 0.383 e. The Hall–Kier alpha value is -1.59. The minimum Gasteiger partial charge on any atom is -0.320 e. The Morgan fingerprint density at radius 3 is 2.05 bits per heavy atom. The van der Waals surface area contributed by atoms with E-state index < -0.39 is 18.3 Å². The second-order valence-electron chi connectivity index (χ2n) is 4.04. The van der Waals surface area contributed by atoms with Gasteiger partial charge in [0.15, 0.2) is 0 Å². The molecule has 6 heteroatoms. The highest BCUT2D eigenvalue weighted by Gasteiger charge is 2.49. The van der Waals surface area contributed by atoms with E-state index in [1.807, 2.05) is 5.32 Å². The fraction of sp³-hybridized carbons (Fsp3) is 0.462. The summed E-state index contributed by atoms with van der Waals surface area (Å²) in [6, 6.07) is 5.06. The number of hydrogen-bond acceptors (Lipinski definition) is 1. The molecule has 0 aliphatic heterocycles. The molecule has 0 saturated heterocycles. The van der Waals surface area contributed by atoms with Crippen LogP contribution in [0.5, 0.6) is 0 Å². The van der Waals surface area contributed by atoms with Crippen LogP contribution in [0.25, 0.3) is 0 Å². The average molecular weight is 277 g/mol. The summed E-state index contributed by atoms with van der Waals surface area (Å²) in [6.45, 7) is 3.57. The number of carbonyl (C=O) groups is 1. The maximum Gasteiger partial charge on any atom is 0.383 e. The van der Waals surface area contributed by atoms with Crippen molar-refractivity contribution in [1.82, 2.24) is 0 Å². The lowest BCUT2D eigenvalue weighted by Gasteiger charge is -2.18. The summed E-state index contributed by atoms with van der Waals surface area (Å²) < 4.78 is 50.1. The maximum atomic E-state index is 12.9. The SMILES string of the molecule is CCc1cccc(CC)c1NC(=O)C(F)(F)C(F)F. The third-order valence-electron chi connectivity index (χ3n) is 2.81. The topological polar surface area (TPSA) is 29.1 Å². The van der Waals surface area contributed by atoms with E-state index in [4.69, 9.17) is 0 Å². The minimum absolute atomic E-state index is 0.206. The quantitative estimate of drug-likeness (QED) is 0.818. The molecule has 0 aliphatic rings. The summed E-state index contributed by atoms with van der Waals surface area (Å²) in [4.78, 5) is 11.3. The van der Waals surface area contributed by atoms with Crippen molar-refractivity contribution in [3.05, 3.63) is 29.3 Å². The number of carbonyl (C=O) groups excluding carboxylic acids is 1. The lowest BCUT2D eigenvalue weighted by molar-refractivity contribution is -0.163. The predicted molar refractivity (Wildman–Crippen MR) is 64.8 cm³/mol. The monoisotopic (exact) mass is 277 g/mol. The molecule has 106 valence electrons. The number of aryl methyl sites for hydroxylation is 2. The van der Waals surface area contributed by atoms with E-state index in [0.717, 1.165) is 0 Å². The molecular weight excluding hydrogens is 262 g/mol. The summed E-state index contributed by atoms with van der Waals surface area (Å²) in [6.07, 6.45) is -3.01. The molecule has 0 spiro atoms. The summed E-state index contributed by atoms with van der Waals surface area (Å²) in [5.41, 5.74) is 1.48. The number of alkyl halides is 4. The zero-order chi connectivity index (χ0) is 14.6. The van der Waals surface area contributed by atoms with Gasteiger partial charge in [-0.15, -0.1) is 0 Å². The van der Waals surface area contributed by atoms with E-state index in [-0.39, 0.29) is 5.69 Å². The fourth-order valence-corrected chi connectivity index (χ4v) is 1.70. The molecule has 0 saturated carbocycles. The highest BCUT2D eigenvalue weighted by Crippen LogP contribution is 2.28. The summed E-state index contributed by atoms with van der Waals surface area (Å²) >= 11 is 0. The smallest absolute Gasteiger partial charge is 0.320 e. The number of nitrogens with one attached hydrogen (secondary N) is 1. The summed E-state index contributed by atoms with van der Waals surface area (Å²) in [7, 11) is 0. The van der Waals surface area contributed by atoms with Crippen molar-refractivity contribution >= 4 is 11.6 Å². The molecule has 0 atom stereocenters. The molecule has 0 aliphatic carbocycles. The van der Waals surface area contributed by atoms with Gasteiger partial charge in [0.25, 0.3) is 0 Å². The van der Waals surface area contributed by atoms with Crippen LogP contribution in [0, 0.1) is 0 Å². The van der Waals surface area contributed by atoms with Crippen LogP contribution < -0.4 is 5.32 Å². The Morgan fingerprint density at radius 1 is 1.21 bits per heavy atom. The Morgan fingerprint density at radius 2 is 1.68 bits per heavy atom. The van der Waals surface area contributed by atoms with E-state index in [1.54, 1.807) is 32.0 Å². The van der Waals surface area contributed by atoms with Crippen molar-refractivity contribution in [2.24, 2.45) is 0 Å². The van der Waals surface area contributed by atoms with Crippen molar-refractivity contribution in [1.29, 1.82) is 0 Å². The van der Waals surface area contributed by atoms with E-state index >= 15 is 0 Å². The molecule has 0 heterocycles. The van der Waals surface area contributed by atoms with Gasteiger partial charge in [-0.2, -0.15) is 8.78 Å². The van der Waals surface area contributed by atoms with Crippen LogP contribution in [-0.2, 0) is 17.6 Å². The number of anilines is 1. The summed E-state index contributed by atoms with van der Waals surface area (Å²) in [5.74, 6) is -6.66. The van der Waals surface area contributed by atoms with Crippen LogP contribution in [0.3, 0.4) is 0 Å². The molecule has 19 heavy (non-hydrogen) atoms. The molecule has 0 unspecified atom stereocenters. The van der Waals surface area contributed by atoms with E-state index in [1.165, 1.54) is 0 Å². The molecule has 0 radical (unpaired) electrons. The molecule has 0 bridgehead atoms. The second kappa shape index (κ2) is 6.04. The van der Waals surface area contributed by atoms with Crippen LogP contribution in [0.2, 0.25) is 0 Å². The first-order valence-electron chi connectivity index (χ1n) is 5.92. The first-order chi connectivity index (χ1) is 8.84. The molecule has 1 rings (SSSR count). The fourth-order valence-electron chi connectivity index (χ4n) is 1.70. The lowest BCUT2D eigenvalue weighted by Crippen LogP contribution is -2.41. The number of para-hydroxylation sites is 1. The Kier molecular flexibility index (Phi) is 4.91. The molecule has 0 aromatic heterocycles. The van der Waals surface area contributed by atoms with Gasteiger partial charge < -0.3 is 5.32 Å². The average Bonchev–Trinajstić information content (AvgIpc) is 2.38. The van der Waals surface area contributed by atoms with Crippen LogP contribution >= 0.6 is 0 Å². The summed E-state index contributed by atoms with van der Waals surface area (Å²) in [5, 5.41) is 1.93. The maximum absolute atomic E-state index is 12.9. The highest BCUT2D eigenvalue weighted by atomic mass is 19.3. The van der Waals surface area contributed by atoms with Crippen LogP contribution in [0.4, 0.5) is 23.2 Å². The highest BCUT2D eigenvalue weighted by molar-refractivity contribution is 5.97. The van der Waals surface area contributed by atoms with Crippen LogP contribution in [0.15, 0.2) is 18.2 Å². The molecule has 1 N–H and O–H groups in total. The van der Waals surface area contributed by atoms with Crippen molar-refractivity contribution in [3.8, 4) is 0 Å². The number of rotatable bonds is 5. The Bertz CT molecular complexity index is 438. The number of benzene rings is 1. The van der Waals surface area contributed by atoms with E-state index in [2.05, 4.69) is 0 Å². The zero-order valence-electron chi connectivity index (χ0n) is 10.6. The standard InChI is InChI=1S/C13H15F4NO/c1-3-8-6-5-7-9(4-2)10(8)18-12(19)13(16,17)11(14)15/h5-7,11H,3-4H2,1-2H3,(H,18,19). The van der Waals surface area contributed by atoms with Crippen molar-refractivity contribution in [2.75, 3.05) is 5.32 Å². The molecule has 0 fully saturated rings. The van der Waals surface area contributed by atoms with Crippen molar-refractivity contribution < 1.29 is 22.4 Å². The van der Waals surface area contributed by atoms with Gasteiger partial charge in [0.1, 0.15) is 0 Å². The van der Waals surface area contributed by atoms with E-state index in [0.29, 0.717) is 24.0 Å². The number of amides is 1. The number of halogens is 4. The second-order valence-corrected chi connectivity index (χ2v) is 4.04. The van der Waals surface area contributed by atoms with Gasteiger partial charge in [-0.3, -0.25) is 4.79 Å². The Labute approximate surface area is 108 Å². The van der Waals surface area contributed by atoms with Gasteiger partial charge in [0.2, 0.25) is 0 Å². The third kappa shape index (κ3) is 3.24. The minimum atomic E-state index is -4.69. The third-order valence-corrected chi connectivity index (χ3v) is 2.81. The predicted octanol–water partition coefficient (Wildman–Crippen LogP) is 3.65. The molecule has 1 aromatic carbocycles. The molecule has 1 aromatic rings. The van der Waals surface area contributed by atoms with Crippen LogP contribution in [-0.4, -0.2) is 18.3 Å². The lowest BCUT2D eigenvalue weighted by atomic mass is 10.0. The molecular formula is C13H15F4NO. The van der Waals surface area contributed by atoms with Gasteiger partial charge >= 0.3 is 18.3 Å². The van der Waals surface area contributed by atoms with Gasteiger partial charge in [-0.1, -0.05) is 32.0 Å². The van der Waals surface area contributed by atoms with Gasteiger partial charge in [0, 0.05) is 5.69 Å².